The summed E-state index contributed by atoms with van der Waals surface area (Å²) in [4.78, 5) is 15.8. The second-order valence-corrected chi connectivity index (χ2v) is 8.23. The van der Waals surface area contributed by atoms with Crippen molar-refractivity contribution in [1.82, 2.24) is 0 Å². The average molecular weight is 339 g/mol. The lowest BCUT2D eigenvalue weighted by Gasteiger charge is -2.32. The molecule has 0 atom stereocenters. The molecule has 130 valence electrons. The summed E-state index contributed by atoms with van der Waals surface area (Å²) in [6.45, 7) is 8.26. The molecule has 0 bridgehead atoms. The molecule has 2 aliphatic heterocycles. The third kappa shape index (κ3) is 2.77. The molecule has 0 amide bonds. The van der Waals surface area contributed by atoms with Gasteiger partial charge in [0.2, 0.25) is 0 Å². The molecule has 5 nitrogen and oxygen atoms in total. The Hall–Kier alpha value is -1.79. The lowest BCUT2D eigenvalue weighted by Crippen LogP contribution is -2.41. The van der Waals surface area contributed by atoms with Crippen LogP contribution in [0.15, 0.2) is 41.7 Å². The van der Waals surface area contributed by atoms with Gasteiger partial charge in [-0.3, -0.25) is 0 Å². The molecule has 0 aromatic heterocycles. The first-order valence-electron chi connectivity index (χ1n) is 8.93. The predicted molar refractivity (Wildman–Crippen MR) is 97.8 cm³/mol. The molecular formula is C19H24BN2O3+. The van der Waals surface area contributed by atoms with E-state index in [1.165, 1.54) is 11.8 Å². The second-order valence-electron chi connectivity index (χ2n) is 8.23. The van der Waals surface area contributed by atoms with Crippen LogP contribution >= 0.6 is 0 Å². The summed E-state index contributed by atoms with van der Waals surface area (Å²) in [6, 6.07) is 8.51. The lowest BCUT2D eigenvalue weighted by atomic mass is 9.70. The Kier molecular flexibility index (Phi) is 3.74. The first-order valence-corrected chi connectivity index (χ1v) is 8.93. The summed E-state index contributed by atoms with van der Waals surface area (Å²) in [5.74, 6) is 1.43. The topological polar surface area (TPSA) is 50.9 Å². The van der Waals surface area contributed by atoms with Gasteiger partial charge in [-0.2, -0.15) is 0 Å². The van der Waals surface area contributed by atoms with Gasteiger partial charge >= 0.3 is 13.0 Å². The zero-order valence-corrected chi connectivity index (χ0v) is 15.2. The third-order valence-corrected chi connectivity index (χ3v) is 6.07. The van der Waals surface area contributed by atoms with E-state index < -0.39 is 0 Å². The van der Waals surface area contributed by atoms with Crippen LogP contribution in [-0.2, 0) is 9.31 Å². The van der Waals surface area contributed by atoms with Crippen molar-refractivity contribution in [2.24, 2.45) is 10.9 Å². The number of rotatable bonds is 3. The number of aliphatic imine (C=N–C) groups is 1. The molecular weight excluding hydrogens is 315 g/mol. The van der Waals surface area contributed by atoms with E-state index in [9.17, 15) is 4.91 Å². The number of nitroso groups, excluding NO2 is 1. The van der Waals surface area contributed by atoms with Crippen LogP contribution in [0.5, 0.6) is 0 Å². The Morgan fingerprint density at radius 3 is 2.16 bits per heavy atom. The standard InChI is InChI=1S/C19H24BN2O3/c1-18(2)19(3,4)25-20(24-18)16-7-5-13(6-8-16)14-11-15(12-14)17-21-9-10-22(17)23/h5-10,14-15H,11-12H2,1-4H3/q+1. The number of nitrogens with zero attached hydrogens (tertiary/aromatic N) is 2. The van der Waals surface area contributed by atoms with E-state index in [0.717, 1.165) is 23.1 Å². The van der Waals surface area contributed by atoms with E-state index >= 15 is 0 Å². The first-order chi connectivity index (χ1) is 11.8. The van der Waals surface area contributed by atoms with E-state index in [0.29, 0.717) is 11.8 Å². The molecule has 1 aromatic carbocycles. The molecule has 1 aromatic rings. The van der Waals surface area contributed by atoms with Crippen LogP contribution in [0, 0.1) is 10.8 Å². The van der Waals surface area contributed by atoms with Gasteiger partial charge in [0.1, 0.15) is 0 Å². The van der Waals surface area contributed by atoms with Gasteiger partial charge in [0, 0.05) is 4.76 Å². The molecule has 2 heterocycles. The van der Waals surface area contributed by atoms with Crippen molar-refractivity contribution < 1.29 is 14.1 Å². The van der Waals surface area contributed by atoms with Gasteiger partial charge in [0.25, 0.3) is 0 Å². The van der Waals surface area contributed by atoms with Gasteiger partial charge in [-0.25, -0.2) is 0 Å². The minimum atomic E-state index is -0.322. The second kappa shape index (κ2) is 5.61. The summed E-state index contributed by atoms with van der Waals surface area (Å²) >= 11 is 0. The number of hydrogen-bond acceptors (Lipinski definition) is 4. The SMILES string of the molecule is CC1(C)OB(c2ccc(C3CC(C4=NC=C[N+]4=O)C3)cc2)OC1(C)C. The fourth-order valence-electron chi connectivity index (χ4n) is 3.59. The molecule has 0 spiro atoms. The molecule has 4 rings (SSSR count). The van der Waals surface area contributed by atoms with Crippen molar-refractivity contribution in [3.8, 4) is 0 Å². The smallest absolute Gasteiger partial charge is 0.399 e. The van der Waals surface area contributed by atoms with Crippen LogP contribution in [0.25, 0.3) is 0 Å². The molecule has 25 heavy (non-hydrogen) atoms. The number of amidine groups is 1. The van der Waals surface area contributed by atoms with Gasteiger partial charge in [-0.15, -0.1) is 0 Å². The molecule has 1 saturated carbocycles. The van der Waals surface area contributed by atoms with Gasteiger partial charge in [-0.05, 0) is 62.5 Å². The molecule has 2 fully saturated rings. The Morgan fingerprint density at radius 2 is 1.64 bits per heavy atom. The Labute approximate surface area is 148 Å². The van der Waals surface area contributed by atoms with Crippen LogP contribution in [-0.4, -0.2) is 28.9 Å². The molecule has 1 aliphatic carbocycles. The summed E-state index contributed by atoms with van der Waals surface area (Å²) < 4.78 is 13.1. The zero-order valence-electron chi connectivity index (χ0n) is 15.2. The Balaban J connectivity index is 1.40. The summed E-state index contributed by atoms with van der Waals surface area (Å²) in [7, 11) is -0.318. The van der Waals surface area contributed by atoms with E-state index in [1.54, 1.807) is 6.20 Å². The van der Waals surface area contributed by atoms with Crippen LogP contribution in [0.1, 0.15) is 52.0 Å². The van der Waals surface area contributed by atoms with E-state index in [1.807, 2.05) is 0 Å². The molecule has 0 unspecified atom stereocenters. The number of benzene rings is 1. The fraction of sp³-hybridized carbons (Fsp3) is 0.526. The largest absolute Gasteiger partial charge is 0.494 e. The van der Waals surface area contributed by atoms with Crippen molar-refractivity contribution in [2.45, 2.75) is 57.7 Å². The maximum Gasteiger partial charge on any atom is 0.494 e. The maximum atomic E-state index is 11.6. The zero-order chi connectivity index (χ0) is 17.8. The van der Waals surface area contributed by atoms with Crippen LogP contribution in [0.4, 0.5) is 0 Å². The van der Waals surface area contributed by atoms with E-state index in [4.69, 9.17) is 9.31 Å². The lowest BCUT2D eigenvalue weighted by molar-refractivity contribution is -0.353. The van der Waals surface area contributed by atoms with Crippen molar-refractivity contribution in [3.63, 3.8) is 0 Å². The first kappa shape index (κ1) is 16.7. The van der Waals surface area contributed by atoms with Gasteiger partial charge in [-0.1, -0.05) is 29.2 Å². The fourth-order valence-corrected chi connectivity index (χ4v) is 3.59. The minimum absolute atomic E-state index is 0.278. The van der Waals surface area contributed by atoms with Crippen molar-refractivity contribution in [2.75, 3.05) is 0 Å². The predicted octanol–water partition coefficient (Wildman–Crippen LogP) is 3.14. The molecule has 0 N–H and O–H groups in total. The van der Waals surface area contributed by atoms with Crippen LogP contribution < -0.4 is 5.46 Å². The number of hydrogen-bond donors (Lipinski definition) is 0. The van der Waals surface area contributed by atoms with Gasteiger partial charge in [0.05, 0.1) is 17.1 Å². The van der Waals surface area contributed by atoms with Crippen molar-refractivity contribution in [3.05, 3.63) is 47.1 Å². The normalized spacial score (nSPS) is 29.7. The highest BCUT2D eigenvalue weighted by molar-refractivity contribution is 6.62. The summed E-state index contributed by atoms with van der Waals surface area (Å²) in [5.41, 5.74) is 1.71. The molecule has 1 saturated heterocycles. The van der Waals surface area contributed by atoms with Gasteiger partial charge in [0.15, 0.2) is 12.4 Å². The average Bonchev–Trinajstić information content (AvgIpc) is 3.00. The molecule has 3 aliphatic rings. The summed E-state index contributed by atoms with van der Waals surface area (Å²) in [6.07, 6.45) is 5.02. The highest BCUT2D eigenvalue weighted by atomic mass is 16.7. The van der Waals surface area contributed by atoms with E-state index in [-0.39, 0.29) is 24.2 Å². The molecule has 0 radical (unpaired) electrons. The van der Waals surface area contributed by atoms with Gasteiger partial charge < -0.3 is 9.31 Å². The highest BCUT2D eigenvalue weighted by Gasteiger charge is 2.51. The Bertz CT molecular complexity index is 745. The van der Waals surface area contributed by atoms with Crippen molar-refractivity contribution >= 4 is 18.4 Å². The minimum Gasteiger partial charge on any atom is -0.399 e. The molecule has 6 heteroatoms. The monoisotopic (exact) mass is 339 g/mol. The van der Waals surface area contributed by atoms with Crippen LogP contribution in [0.3, 0.4) is 0 Å². The Morgan fingerprint density at radius 1 is 1.04 bits per heavy atom. The third-order valence-electron chi connectivity index (χ3n) is 6.07. The van der Waals surface area contributed by atoms with Crippen LogP contribution in [0.2, 0.25) is 0 Å². The van der Waals surface area contributed by atoms with Crippen molar-refractivity contribution in [1.29, 1.82) is 0 Å². The summed E-state index contributed by atoms with van der Waals surface area (Å²) in [5, 5.41) is 0. The van der Waals surface area contributed by atoms with E-state index in [2.05, 4.69) is 57.0 Å². The quantitative estimate of drug-likeness (QED) is 0.628. The highest BCUT2D eigenvalue weighted by Crippen LogP contribution is 2.43. The maximum absolute atomic E-state index is 11.6.